The molecular formula is C24H28N2O4S. The molecule has 0 saturated heterocycles. The summed E-state index contributed by atoms with van der Waals surface area (Å²) in [6, 6.07) is 12.4. The van der Waals surface area contributed by atoms with E-state index in [9.17, 15) is 18.0 Å². The molecular weight excluding hydrogens is 412 g/mol. The van der Waals surface area contributed by atoms with E-state index < -0.39 is 9.84 Å². The van der Waals surface area contributed by atoms with E-state index in [0.29, 0.717) is 12.2 Å². The van der Waals surface area contributed by atoms with Crippen LogP contribution in [0.5, 0.6) is 0 Å². The Morgan fingerprint density at radius 1 is 1.03 bits per heavy atom. The molecule has 0 unspecified atom stereocenters. The highest BCUT2D eigenvalue weighted by atomic mass is 32.2. The lowest BCUT2D eigenvalue weighted by Crippen LogP contribution is -2.53. The van der Waals surface area contributed by atoms with Crippen LogP contribution in [0, 0.1) is 5.92 Å². The van der Waals surface area contributed by atoms with Gasteiger partial charge in [0.25, 0.3) is 0 Å². The Morgan fingerprint density at radius 2 is 1.74 bits per heavy atom. The molecule has 1 heterocycles. The molecule has 1 atom stereocenters. The predicted molar refractivity (Wildman–Crippen MR) is 122 cm³/mol. The molecule has 6 nitrogen and oxygen atoms in total. The lowest BCUT2D eigenvalue weighted by Gasteiger charge is -2.43. The fourth-order valence-corrected chi connectivity index (χ4v) is 5.33. The van der Waals surface area contributed by atoms with Gasteiger partial charge in [0.15, 0.2) is 9.84 Å². The first-order valence-electron chi connectivity index (χ1n) is 10.8. The molecule has 2 amide bonds. The van der Waals surface area contributed by atoms with Crippen molar-refractivity contribution in [2.45, 2.75) is 51.0 Å². The van der Waals surface area contributed by atoms with E-state index in [-0.39, 0.29) is 34.4 Å². The van der Waals surface area contributed by atoms with Crippen molar-refractivity contribution in [2.75, 3.05) is 22.1 Å². The van der Waals surface area contributed by atoms with Crippen molar-refractivity contribution in [1.82, 2.24) is 0 Å². The van der Waals surface area contributed by atoms with Crippen molar-refractivity contribution in [2.24, 2.45) is 5.92 Å². The lowest BCUT2D eigenvalue weighted by molar-refractivity contribution is -0.125. The van der Waals surface area contributed by atoms with Gasteiger partial charge < -0.3 is 9.80 Å². The second-order valence-corrected chi connectivity index (χ2v) is 10.7. The van der Waals surface area contributed by atoms with Gasteiger partial charge in [-0.3, -0.25) is 9.59 Å². The third-order valence-electron chi connectivity index (χ3n) is 6.38. The number of rotatable bonds is 4. The number of hydrogen-bond donors (Lipinski definition) is 0. The van der Waals surface area contributed by atoms with Gasteiger partial charge in [-0.05, 0) is 55.2 Å². The summed E-state index contributed by atoms with van der Waals surface area (Å²) in [5.41, 5.74) is 3.02. The topological polar surface area (TPSA) is 74.8 Å². The molecule has 164 valence electrons. The normalized spacial score (nSPS) is 19.0. The van der Waals surface area contributed by atoms with E-state index in [0.717, 1.165) is 36.1 Å². The summed E-state index contributed by atoms with van der Waals surface area (Å²) in [7, 11) is -3.32. The summed E-state index contributed by atoms with van der Waals surface area (Å²) in [6.07, 6.45) is 2.89. The van der Waals surface area contributed by atoms with Crippen LogP contribution in [0.2, 0.25) is 0 Å². The molecule has 0 N–H and O–H groups in total. The largest absolute Gasteiger partial charge is 0.308 e. The van der Waals surface area contributed by atoms with Crippen LogP contribution < -0.4 is 9.80 Å². The van der Waals surface area contributed by atoms with Gasteiger partial charge in [0.05, 0.1) is 28.1 Å². The van der Waals surface area contributed by atoms with Gasteiger partial charge in [0.2, 0.25) is 11.8 Å². The minimum atomic E-state index is -3.32. The van der Waals surface area contributed by atoms with Crippen molar-refractivity contribution in [1.29, 1.82) is 0 Å². The third-order valence-corrected chi connectivity index (χ3v) is 8.11. The Morgan fingerprint density at radius 3 is 2.35 bits per heavy atom. The maximum absolute atomic E-state index is 13.2. The fraction of sp³-hybridized carbons (Fsp3) is 0.417. The average Bonchev–Trinajstić information content (AvgIpc) is 2.71. The molecule has 7 heteroatoms. The van der Waals surface area contributed by atoms with Gasteiger partial charge in [-0.15, -0.1) is 0 Å². The Labute approximate surface area is 183 Å². The van der Waals surface area contributed by atoms with Crippen LogP contribution in [-0.4, -0.2) is 38.6 Å². The van der Waals surface area contributed by atoms with Crippen LogP contribution in [-0.2, 0) is 19.4 Å². The number of amides is 2. The number of carbonyl (C=O) groups is 2. The van der Waals surface area contributed by atoms with E-state index in [4.69, 9.17) is 0 Å². The summed E-state index contributed by atoms with van der Waals surface area (Å²) in [5.74, 6) is 0.136. The van der Waals surface area contributed by atoms with Crippen molar-refractivity contribution in [3.63, 3.8) is 0 Å². The highest BCUT2D eigenvalue weighted by molar-refractivity contribution is 7.91. The van der Waals surface area contributed by atoms with Gasteiger partial charge in [0.1, 0.15) is 0 Å². The highest BCUT2D eigenvalue weighted by Crippen LogP contribution is 2.41. The molecule has 0 aromatic heterocycles. The molecule has 31 heavy (non-hydrogen) atoms. The molecule has 0 radical (unpaired) electrons. The van der Waals surface area contributed by atoms with Gasteiger partial charge in [-0.25, -0.2) is 8.42 Å². The second-order valence-electron chi connectivity index (χ2n) is 8.45. The molecule has 2 aromatic carbocycles. The zero-order valence-corrected chi connectivity index (χ0v) is 19.0. The molecule has 2 aliphatic rings. The summed E-state index contributed by atoms with van der Waals surface area (Å²) < 4.78 is 24.7. The zero-order chi connectivity index (χ0) is 22.3. The standard InChI is InChI=1S/C24H28N2O4S/c1-4-31(29,30)21-10-6-9-19(13-21)20-11-12-22-23(14-20)25(24(28)18-7-5-8-18)15-16(2)26(22)17(3)27/h6,9-14,16,18H,4-5,7-8,15H2,1-3H3/t16-/m0/s1. The first-order valence-corrected chi connectivity index (χ1v) is 12.5. The summed E-state index contributed by atoms with van der Waals surface area (Å²) in [4.78, 5) is 29.4. The maximum atomic E-state index is 13.2. The van der Waals surface area contributed by atoms with E-state index in [1.54, 1.807) is 30.0 Å². The number of hydrogen-bond acceptors (Lipinski definition) is 4. The van der Waals surface area contributed by atoms with Crippen LogP contribution in [0.15, 0.2) is 47.4 Å². The van der Waals surface area contributed by atoms with Gasteiger partial charge in [0, 0.05) is 19.4 Å². The molecule has 1 fully saturated rings. The summed E-state index contributed by atoms with van der Waals surface area (Å²) >= 11 is 0. The van der Waals surface area contributed by atoms with Crippen LogP contribution in [0.3, 0.4) is 0 Å². The van der Waals surface area contributed by atoms with Crippen LogP contribution in [0.1, 0.15) is 40.0 Å². The van der Waals surface area contributed by atoms with Gasteiger partial charge in [-0.2, -0.15) is 0 Å². The first kappa shape index (κ1) is 21.6. The van der Waals surface area contributed by atoms with Crippen LogP contribution in [0.25, 0.3) is 11.1 Å². The molecule has 1 aliphatic carbocycles. The minimum absolute atomic E-state index is 0.0375. The van der Waals surface area contributed by atoms with Gasteiger partial charge in [-0.1, -0.05) is 31.5 Å². The number of benzene rings is 2. The Bertz CT molecular complexity index is 1140. The van der Waals surface area contributed by atoms with E-state index in [1.165, 1.54) is 6.92 Å². The zero-order valence-electron chi connectivity index (χ0n) is 18.2. The summed E-state index contributed by atoms with van der Waals surface area (Å²) in [6.45, 7) is 5.58. The molecule has 1 saturated carbocycles. The first-order chi connectivity index (χ1) is 14.7. The van der Waals surface area contributed by atoms with Crippen LogP contribution in [0.4, 0.5) is 11.4 Å². The minimum Gasteiger partial charge on any atom is -0.308 e. The second kappa shape index (κ2) is 8.11. The predicted octanol–water partition coefficient (Wildman–Crippen LogP) is 4.04. The molecule has 2 aromatic rings. The lowest BCUT2D eigenvalue weighted by atomic mass is 9.84. The monoisotopic (exact) mass is 440 g/mol. The Kier molecular flexibility index (Phi) is 5.64. The van der Waals surface area contributed by atoms with Crippen molar-refractivity contribution >= 4 is 33.0 Å². The summed E-state index contributed by atoms with van der Waals surface area (Å²) in [5, 5.41) is 0. The number of carbonyl (C=O) groups excluding carboxylic acids is 2. The fourth-order valence-electron chi connectivity index (χ4n) is 4.40. The van der Waals surface area contributed by atoms with E-state index in [1.807, 2.05) is 36.1 Å². The van der Waals surface area contributed by atoms with Crippen LogP contribution >= 0.6 is 0 Å². The number of fused-ring (bicyclic) bond motifs is 1. The number of anilines is 2. The highest BCUT2D eigenvalue weighted by Gasteiger charge is 2.37. The molecule has 0 spiro atoms. The Hall–Kier alpha value is -2.67. The molecule has 1 aliphatic heterocycles. The van der Waals surface area contributed by atoms with Crippen molar-refractivity contribution in [3.8, 4) is 11.1 Å². The average molecular weight is 441 g/mol. The molecule has 0 bridgehead atoms. The quantitative estimate of drug-likeness (QED) is 0.719. The third kappa shape index (κ3) is 3.87. The smallest absolute Gasteiger partial charge is 0.230 e. The van der Waals surface area contributed by atoms with Crippen molar-refractivity contribution in [3.05, 3.63) is 42.5 Å². The van der Waals surface area contributed by atoms with Crippen molar-refractivity contribution < 1.29 is 18.0 Å². The SMILES string of the molecule is CCS(=O)(=O)c1cccc(-c2ccc3c(c2)N(C(=O)C2CCC2)C[C@H](C)N3C(C)=O)c1. The van der Waals surface area contributed by atoms with Gasteiger partial charge >= 0.3 is 0 Å². The molecule has 4 rings (SSSR count). The van der Waals surface area contributed by atoms with E-state index in [2.05, 4.69) is 0 Å². The van der Waals surface area contributed by atoms with E-state index >= 15 is 0 Å². The number of nitrogens with zero attached hydrogens (tertiary/aromatic N) is 2. The Balaban J connectivity index is 1.81. The number of sulfone groups is 1. The maximum Gasteiger partial charge on any atom is 0.230 e.